The molecule has 0 amide bonds. The van der Waals surface area contributed by atoms with E-state index < -0.39 is 0 Å². The van der Waals surface area contributed by atoms with Crippen LogP contribution in [0.1, 0.15) is 39.5 Å². The molecule has 302 valence electrons. The molecule has 8 aromatic carbocycles. The van der Waals surface area contributed by atoms with Gasteiger partial charge in [0.2, 0.25) is 0 Å². The quantitative estimate of drug-likeness (QED) is 0.126. The number of thiophene rings is 2. The van der Waals surface area contributed by atoms with E-state index in [2.05, 4.69) is 181 Å². The van der Waals surface area contributed by atoms with E-state index in [9.17, 15) is 0 Å². The van der Waals surface area contributed by atoms with Crippen LogP contribution in [0.5, 0.6) is 0 Å². The Morgan fingerprint density at radius 3 is 1.27 bits per heavy atom. The van der Waals surface area contributed by atoms with Crippen LogP contribution >= 0.6 is 46.2 Å². The van der Waals surface area contributed by atoms with Crippen LogP contribution < -0.4 is 9.80 Å². The highest BCUT2D eigenvalue weighted by atomic mass is 32.2. The van der Waals surface area contributed by atoms with Gasteiger partial charge in [0, 0.05) is 52.2 Å². The van der Waals surface area contributed by atoms with Gasteiger partial charge in [-0.15, -0.1) is 22.7 Å². The SMILES string of the molecule is CCCCN1c2ccccc2Sc2cc(-c3ccc(-c4ccc5ccc6ccc(-c7ccc(-c8ccc9c(c8)Sc8ccccc8N9CCCC)s7)c7ccc4c5c67)s3)ccc21. The number of fused-ring (bicyclic) bond motifs is 4. The standard InChI is InChI=1S/C56H44N2S4/c1-3-5-31-57-43-11-7-9-13-51(43)61-53-33-37(19-25-45(53)57)47-27-29-49(59-47)39-21-17-35-15-16-36-18-22-40(42-24-23-41(39)55(35)56(36)42)50-30-28-48(60-50)38-20-26-46-54(34-38)62-52-14-10-8-12-44(52)58(46)32-6-4-2/h7-30,33-34H,3-6,31-32H2,1-2H3. The van der Waals surface area contributed by atoms with Gasteiger partial charge in [0.15, 0.2) is 0 Å². The van der Waals surface area contributed by atoms with Gasteiger partial charge in [0.1, 0.15) is 0 Å². The van der Waals surface area contributed by atoms with Crippen LogP contribution in [0.4, 0.5) is 22.7 Å². The Morgan fingerprint density at radius 1 is 0.387 bits per heavy atom. The molecule has 2 aromatic heterocycles. The number of para-hydroxylation sites is 2. The summed E-state index contributed by atoms with van der Waals surface area (Å²) in [5.74, 6) is 0. The maximum atomic E-state index is 2.52. The summed E-state index contributed by atoms with van der Waals surface area (Å²) in [6.07, 6.45) is 4.71. The van der Waals surface area contributed by atoms with E-state index >= 15 is 0 Å². The molecule has 0 fully saturated rings. The highest BCUT2D eigenvalue weighted by Crippen LogP contribution is 2.52. The summed E-state index contributed by atoms with van der Waals surface area (Å²) in [6.45, 7) is 6.63. The molecule has 4 heterocycles. The molecular formula is C56H44N2S4. The first-order valence-electron chi connectivity index (χ1n) is 21.9. The van der Waals surface area contributed by atoms with E-state index in [0.29, 0.717) is 0 Å². The third kappa shape index (κ3) is 6.37. The zero-order valence-electron chi connectivity index (χ0n) is 34.8. The number of rotatable bonds is 10. The first-order chi connectivity index (χ1) is 30.6. The largest absolute Gasteiger partial charge is 0.340 e. The monoisotopic (exact) mass is 872 g/mol. The lowest BCUT2D eigenvalue weighted by Crippen LogP contribution is -2.21. The van der Waals surface area contributed by atoms with E-state index in [0.717, 1.165) is 13.1 Å². The van der Waals surface area contributed by atoms with Gasteiger partial charge in [-0.05, 0) is 140 Å². The van der Waals surface area contributed by atoms with Gasteiger partial charge in [0.05, 0.1) is 22.7 Å². The average Bonchev–Trinajstić information content (AvgIpc) is 4.02. The summed E-state index contributed by atoms with van der Waals surface area (Å²) in [5.41, 5.74) is 10.5. The minimum absolute atomic E-state index is 1.04. The van der Waals surface area contributed by atoms with Crippen molar-refractivity contribution in [2.45, 2.75) is 59.1 Å². The Morgan fingerprint density at radius 2 is 0.806 bits per heavy atom. The van der Waals surface area contributed by atoms with Gasteiger partial charge in [0.25, 0.3) is 0 Å². The molecule has 62 heavy (non-hydrogen) atoms. The van der Waals surface area contributed by atoms with Crippen LogP contribution in [-0.2, 0) is 0 Å². The predicted molar refractivity (Wildman–Crippen MR) is 273 cm³/mol. The summed E-state index contributed by atoms with van der Waals surface area (Å²) >= 11 is 7.62. The first-order valence-corrected chi connectivity index (χ1v) is 25.2. The molecule has 0 spiro atoms. The Labute approximate surface area is 380 Å². The van der Waals surface area contributed by atoms with Gasteiger partial charge in [-0.1, -0.05) is 135 Å². The summed E-state index contributed by atoms with van der Waals surface area (Å²) in [4.78, 5) is 15.6. The van der Waals surface area contributed by atoms with Crippen molar-refractivity contribution in [2.24, 2.45) is 0 Å². The normalized spacial score (nSPS) is 13.2. The Hall–Kier alpha value is -5.50. The molecule has 0 atom stereocenters. The van der Waals surface area contributed by atoms with Gasteiger partial charge in [-0.25, -0.2) is 0 Å². The van der Waals surface area contributed by atoms with Crippen molar-refractivity contribution in [3.63, 3.8) is 0 Å². The van der Waals surface area contributed by atoms with Gasteiger partial charge < -0.3 is 9.80 Å². The van der Waals surface area contributed by atoms with E-state index in [1.54, 1.807) is 0 Å². The second kappa shape index (κ2) is 15.7. The molecule has 6 heteroatoms. The summed E-state index contributed by atoms with van der Waals surface area (Å²) < 4.78 is 0. The third-order valence-electron chi connectivity index (χ3n) is 12.7. The van der Waals surface area contributed by atoms with Crippen LogP contribution in [0.3, 0.4) is 0 Å². The number of benzene rings is 8. The fourth-order valence-electron chi connectivity index (χ4n) is 9.59. The number of hydrogen-bond donors (Lipinski definition) is 0. The van der Waals surface area contributed by atoms with E-state index in [4.69, 9.17) is 0 Å². The smallest absolute Gasteiger partial charge is 0.0553 e. The molecule has 2 aliphatic heterocycles. The van der Waals surface area contributed by atoms with Crippen LogP contribution in [-0.4, -0.2) is 13.1 Å². The van der Waals surface area contributed by atoms with Crippen LogP contribution in [0.15, 0.2) is 177 Å². The van der Waals surface area contributed by atoms with Crippen molar-refractivity contribution < 1.29 is 0 Å². The van der Waals surface area contributed by atoms with Crippen LogP contribution in [0.25, 0.3) is 74.1 Å². The summed E-state index contributed by atoms with van der Waals surface area (Å²) in [7, 11) is 0. The molecule has 2 aliphatic rings. The summed E-state index contributed by atoms with van der Waals surface area (Å²) in [5, 5.41) is 7.96. The lowest BCUT2D eigenvalue weighted by atomic mass is 9.89. The zero-order valence-corrected chi connectivity index (χ0v) is 38.0. The number of unbranched alkanes of at least 4 members (excludes halogenated alkanes) is 2. The second-order valence-electron chi connectivity index (χ2n) is 16.5. The Balaban J connectivity index is 0.882. The molecule has 0 unspecified atom stereocenters. The minimum Gasteiger partial charge on any atom is -0.340 e. The van der Waals surface area contributed by atoms with Crippen molar-refractivity contribution in [1.29, 1.82) is 0 Å². The molecule has 10 aromatic rings. The van der Waals surface area contributed by atoms with Crippen molar-refractivity contribution in [3.8, 4) is 41.8 Å². The minimum atomic E-state index is 1.04. The third-order valence-corrected chi connectivity index (χ3v) is 17.3. The van der Waals surface area contributed by atoms with Gasteiger partial charge >= 0.3 is 0 Å². The van der Waals surface area contributed by atoms with Crippen molar-refractivity contribution in [3.05, 3.63) is 158 Å². The average molecular weight is 873 g/mol. The highest BCUT2D eigenvalue weighted by Gasteiger charge is 2.26. The van der Waals surface area contributed by atoms with E-state index in [1.165, 1.54) is 142 Å². The Bertz CT molecular complexity index is 3100. The molecule has 2 nitrogen and oxygen atoms in total. The predicted octanol–water partition coefficient (Wildman–Crippen LogP) is 18.2. The topological polar surface area (TPSA) is 6.48 Å². The van der Waals surface area contributed by atoms with Gasteiger partial charge in [-0.2, -0.15) is 0 Å². The molecule has 0 aliphatic carbocycles. The maximum absolute atomic E-state index is 2.52. The van der Waals surface area contributed by atoms with Crippen LogP contribution in [0, 0.1) is 0 Å². The highest BCUT2D eigenvalue weighted by molar-refractivity contribution is 8.00. The number of nitrogens with zero attached hydrogens (tertiary/aromatic N) is 2. The molecule has 12 rings (SSSR count). The lowest BCUT2D eigenvalue weighted by molar-refractivity contribution is 0.777. The first kappa shape index (κ1) is 38.2. The second-order valence-corrected chi connectivity index (χ2v) is 20.8. The molecule has 0 saturated heterocycles. The fraction of sp³-hybridized carbons (Fsp3) is 0.143. The van der Waals surface area contributed by atoms with Crippen molar-refractivity contribution >= 4 is 101 Å². The zero-order chi connectivity index (χ0) is 41.3. The molecule has 0 saturated carbocycles. The number of hydrogen-bond acceptors (Lipinski definition) is 6. The van der Waals surface area contributed by atoms with Crippen molar-refractivity contribution in [1.82, 2.24) is 0 Å². The maximum Gasteiger partial charge on any atom is 0.0553 e. The van der Waals surface area contributed by atoms with E-state index in [-0.39, 0.29) is 0 Å². The molecule has 0 N–H and O–H groups in total. The lowest BCUT2D eigenvalue weighted by Gasteiger charge is -2.33. The molecule has 0 radical (unpaired) electrons. The molecule has 0 bridgehead atoms. The summed E-state index contributed by atoms with van der Waals surface area (Å²) in [6, 6.07) is 60.0. The number of anilines is 4. The van der Waals surface area contributed by atoms with Gasteiger partial charge in [-0.3, -0.25) is 0 Å². The Kier molecular flexibility index (Phi) is 9.67. The van der Waals surface area contributed by atoms with Crippen LogP contribution in [0.2, 0.25) is 0 Å². The van der Waals surface area contributed by atoms with E-state index in [1.807, 2.05) is 46.2 Å². The van der Waals surface area contributed by atoms with Crippen molar-refractivity contribution in [2.75, 3.05) is 22.9 Å². The molecular weight excluding hydrogens is 829 g/mol. The fourth-order valence-corrected chi connectivity index (χ4v) is 13.9.